The van der Waals surface area contributed by atoms with Gasteiger partial charge in [-0.15, -0.1) is 0 Å². The Balaban J connectivity index is 1.56. The molecule has 5 nitrogen and oxygen atoms in total. The number of esters is 1. The zero-order valence-electron chi connectivity index (χ0n) is 22.8. The molecule has 0 spiro atoms. The molecule has 0 unspecified atom stereocenters. The maximum atomic E-state index is 14.3. The van der Waals surface area contributed by atoms with Crippen molar-refractivity contribution in [2.45, 2.75) is 65.0 Å². The van der Waals surface area contributed by atoms with Crippen molar-refractivity contribution in [1.82, 2.24) is 4.90 Å². The SMILES string of the molecule is CCCCCCCN(Cc1ccc(F)cc1F)C(=O)CCc1ccc(OCc2ccccc2C(=O)OC)cc1. The Kier molecular flexibility index (Phi) is 11.9. The van der Waals surface area contributed by atoms with Crippen LogP contribution in [0, 0.1) is 11.6 Å². The number of rotatable bonds is 15. The van der Waals surface area contributed by atoms with Gasteiger partial charge in [0.25, 0.3) is 0 Å². The van der Waals surface area contributed by atoms with Gasteiger partial charge < -0.3 is 14.4 Å². The third-order valence-electron chi connectivity index (χ3n) is 6.63. The van der Waals surface area contributed by atoms with Crippen molar-refractivity contribution in [1.29, 1.82) is 0 Å². The molecule has 3 aromatic carbocycles. The maximum absolute atomic E-state index is 14.3. The van der Waals surface area contributed by atoms with Crippen molar-refractivity contribution >= 4 is 11.9 Å². The van der Waals surface area contributed by atoms with Gasteiger partial charge in [0.15, 0.2) is 0 Å². The van der Waals surface area contributed by atoms with Gasteiger partial charge in [0.05, 0.1) is 12.7 Å². The van der Waals surface area contributed by atoms with E-state index in [0.717, 1.165) is 49.3 Å². The first kappa shape index (κ1) is 29.8. The Labute approximate surface area is 229 Å². The number of benzene rings is 3. The number of halogens is 2. The Morgan fingerprint density at radius 2 is 1.62 bits per heavy atom. The number of carbonyl (C=O) groups excluding carboxylic acids is 2. The average molecular weight is 538 g/mol. The van der Waals surface area contributed by atoms with Gasteiger partial charge >= 0.3 is 5.97 Å². The molecule has 39 heavy (non-hydrogen) atoms. The Hall–Kier alpha value is -3.74. The third-order valence-corrected chi connectivity index (χ3v) is 6.63. The van der Waals surface area contributed by atoms with Crippen molar-refractivity contribution < 1.29 is 27.8 Å². The second-order valence-corrected chi connectivity index (χ2v) is 9.55. The molecule has 0 atom stereocenters. The monoisotopic (exact) mass is 537 g/mol. The minimum atomic E-state index is -0.636. The fourth-order valence-corrected chi connectivity index (χ4v) is 4.33. The summed E-state index contributed by atoms with van der Waals surface area (Å²) < 4.78 is 38.3. The smallest absolute Gasteiger partial charge is 0.338 e. The lowest BCUT2D eigenvalue weighted by molar-refractivity contribution is -0.131. The first-order chi connectivity index (χ1) is 18.9. The minimum Gasteiger partial charge on any atom is -0.489 e. The molecule has 0 bridgehead atoms. The van der Waals surface area contributed by atoms with Crippen LogP contribution in [-0.2, 0) is 29.1 Å². The van der Waals surface area contributed by atoms with E-state index in [9.17, 15) is 18.4 Å². The number of hydrogen-bond acceptors (Lipinski definition) is 4. The largest absolute Gasteiger partial charge is 0.489 e. The highest BCUT2D eigenvalue weighted by Crippen LogP contribution is 2.19. The minimum absolute atomic E-state index is 0.0611. The molecule has 0 saturated heterocycles. The molecular formula is C32H37F2NO4. The second kappa shape index (κ2) is 15.6. The van der Waals surface area contributed by atoms with Crippen LogP contribution in [0.15, 0.2) is 66.7 Å². The Morgan fingerprint density at radius 1 is 0.872 bits per heavy atom. The van der Waals surface area contributed by atoms with E-state index in [2.05, 4.69) is 6.92 Å². The summed E-state index contributed by atoms with van der Waals surface area (Å²) in [6.45, 7) is 3.03. The highest BCUT2D eigenvalue weighted by atomic mass is 19.1. The third kappa shape index (κ3) is 9.50. The van der Waals surface area contributed by atoms with Crippen LogP contribution in [0.2, 0.25) is 0 Å². The molecule has 3 rings (SSSR count). The molecule has 7 heteroatoms. The standard InChI is InChI=1S/C32H37F2NO4/c1-3-4-5-6-9-20-35(22-25-15-16-27(33)21-30(25)34)31(36)19-14-24-12-17-28(18-13-24)39-23-26-10-7-8-11-29(26)32(37)38-2/h7-8,10-13,15-18,21H,3-6,9,14,19-20,22-23H2,1-2H3. The lowest BCUT2D eigenvalue weighted by Gasteiger charge is -2.23. The van der Waals surface area contributed by atoms with Crippen molar-refractivity contribution in [3.05, 3.63) is 101 Å². The Bertz CT molecular complexity index is 1210. The lowest BCUT2D eigenvalue weighted by Crippen LogP contribution is -2.32. The first-order valence-corrected chi connectivity index (χ1v) is 13.5. The van der Waals surface area contributed by atoms with Gasteiger partial charge in [0, 0.05) is 36.7 Å². The molecule has 208 valence electrons. The average Bonchev–Trinajstić information content (AvgIpc) is 2.95. The zero-order valence-corrected chi connectivity index (χ0v) is 22.8. The molecule has 0 N–H and O–H groups in total. The number of methoxy groups -OCH3 is 1. The van der Waals surface area contributed by atoms with Crippen LogP contribution < -0.4 is 4.74 Å². The molecule has 0 fully saturated rings. The molecular weight excluding hydrogens is 500 g/mol. The van der Waals surface area contributed by atoms with E-state index in [1.165, 1.54) is 19.2 Å². The molecule has 0 aliphatic heterocycles. The van der Waals surface area contributed by atoms with Crippen LogP contribution in [0.1, 0.15) is 72.5 Å². The van der Waals surface area contributed by atoms with Gasteiger partial charge in [-0.1, -0.05) is 69.0 Å². The fourth-order valence-electron chi connectivity index (χ4n) is 4.33. The van der Waals surface area contributed by atoms with Crippen LogP contribution >= 0.6 is 0 Å². The molecule has 0 aliphatic rings. The summed E-state index contributed by atoms with van der Waals surface area (Å²) in [5.74, 6) is -1.09. The van der Waals surface area contributed by atoms with Crippen molar-refractivity contribution in [3.63, 3.8) is 0 Å². The number of carbonyl (C=O) groups is 2. The molecule has 0 radical (unpaired) electrons. The van der Waals surface area contributed by atoms with Gasteiger partial charge in [0.1, 0.15) is 24.0 Å². The molecule has 0 heterocycles. The summed E-state index contributed by atoms with van der Waals surface area (Å²) in [5.41, 5.74) is 2.48. The number of hydrogen-bond donors (Lipinski definition) is 0. The van der Waals surface area contributed by atoms with Crippen LogP contribution in [0.3, 0.4) is 0 Å². The highest BCUT2D eigenvalue weighted by Gasteiger charge is 2.17. The van der Waals surface area contributed by atoms with Gasteiger partial charge in [-0.05, 0) is 42.7 Å². The second-order valence-electron chi connectivity index (χ2n) is 9.55. The van der Waals surface area contributed by atoms with E-state index >= 15 is 0 Å². The number of amides is 1. The molecule has 1 amide bonds. The van der Waals surface area contributed by atoms with E-state index in [4.69, 9.17) is 9.47 Å². The predicted octanol–water partition coefficient (Wildman–Crippen LogP) is 7.26. The van der Waals surface area contributed by atoms with E-state index in [1.54, 1.807) is 17.0 Å². The normalized spacial score (nSPS) is 10.8. The molecule has 0 aromatic heterocycles. The van der Waals surface area contributed by atoms with Crippen molar-refractivity contribution in [3.8, 4) is 5.75 Å². The summed E-state index contributed by atoms with van der Waals surface area (Å²) in [4.78, 5) is 26.8. The number of nitrogens with zero attached hydrogens (tertiary/aromatic N) is 1. The highest BCUT2D eigenvalue weighted by molar-refractivity contribution is 5.90. The van der Waals surface area contributed by atoms with E-state index < -0.39 is 17.6 Å². The van der Waals surface area contributed by atoms with Crippen molar-refractivity contribution in [2.75, 3.05) is 13.7 Å². The summed E-state index contributed by atoms with van der Waals surface area (Å²) in [7, 11) is 1.34. The summed E-state index contributed by atoms with van der Waals surface area (Å²) in [6, 6.07) is 18.1. The molecule has 3 aromatic rings. The van der Waals surface area contributed by atoms with E-state index in [0.29, 0.717) is 29.8 Å². The van der Waals surface area contributed by atoms with Crippen LogP contribution in [0.25, 0.3) is 0 Å². The van der Waals surface area contributed by atoms with Crippen LogP contribution in [0.5, 0.6) is 5.75 Å². The quantitative estimate of drug-likeness (QED) is 0.151. The van der Waals surface area contributed by atoms with Gasteiger partial charge in [-0.25, -0.2) is 13.6 Å². The predicted molar refractivity (Wildman–Crippen MR) is 147 cm³/mol. The van der Waals surface area contributed by atoms with E-state index in [1.807, 2.05) is 36.4 Å². The summed E-state index contributed by atoms with van der Waals surface area (Å²) in [6.07, 6.45) is 6.06. The van der Waals surface area contributed by atoms with Crippen LogP contribution in [0.4, 0.5) is 8.78 Å². The van der Waals surface area contributed by atoms with Crippen LogP contribution in [-0.4, -0.2) is 30.4 Å². The maximum Gasteiger partial charge on any atom is 0.338 e. The number of unbranched alkanes of at least 4 members (excludes halogenated alkanes) is 4. The van der Waals surface area contributed by atoms with Gasteiger partial charge in [-0.3, -0.25) is 4.79 Å². The summed E-state index contributed by atoms with van der Waals surface area (Å²) in [5, 5.41) is 0. The molecule has 0 saturated carbocycles. The first-order valence-electron chi connectivity index (χ1n) is 13.5. The lowest BCUT2D eigenvalue weighted by atomic mass is 10.1. The zero-order chi connectivity index (χ0) is 28.0. The number of aryl methyl sites for hydroxylation is 1. The van der Waals surface area contributed by atoms with Gasteiger partial charge in [-0.2, -0.15) is 0 Å². The van der Waals surface area contributed by atoms with Crippen molar-refractivity contribution in [2.24, 2.45) is 0 Å². The number of ether oxygens (including phenoxy) is 2. The van der Waals surface area contributed by atoms with Gasteiger partial charge in [0.2, 0.25) is 5.91 Å². The Morgan fingerprint density at radius 3 is 2.33 bits per heavy atom. The van der Waals surface area contributed by atoms with E-state index in [-0.39, 0.29) is 25.5 Å². The molecule has 0 aliphatic carbocycles. The fraction of sp³-hybridized carbons (Fsp3) is 0.375. The summed E-state index contributed by atoms with van der Waals surface area (Å²) >= 11 is 0. The topological polar surface area (TPSA) is 55.8 Å².